The van der Waals surface area contributed by atoms with Gasteiger partial charge in [0.25, 0.3) is 0 Å². The monoisotopic (exact) mass is 516 g/mol. The fraction of sp³-hybridized carbons (Fsp3) is 0.517. The maximum absolute atomic E-state index is 13.8. The Morgan fingerprint density at radius 1 is 1.11 bits per heavy atom. The number of amides is 3. The molecule has 1 aliphatic carbocycles. The number of hydrogen-bond acceptors (Lipinski definition) is 6. The van der Waals surface area contributed by atoms with Gasteiger partial charge in [0.2, 0.25) is 17.7 Å². The van der Waals surface area contributed by atoms with E-state index >= 15 is 0 Å². The van der Waals surface area contributed by atoms with Crippen molar-refractivity contribution in [3.05, 3.63) is 53.2 Å². The number of rotatable bonds is 5. The highest BCUT2D eigenvalue weighted by Crippen LogP contribution is 2.47. The minimum Gasteiger partial charge on any atom is -0.329 e. The Bertz CT molecular complexity index is 1270. The molecule has 200 valence electrons. The molecule has 0 bridgehead atoms. The van der Waals surface area contributed by atoms with E-state index in [1.54, 1.807) is 6.20 Å². The fourth-order valence-electron chi connectivity index (χ4n) is 6.71. The lowest BCUT2D eigenvalue weighted by molar-refractivity contribution is -0.147. The number of nitrogens with one attached hydrogen (secondary N) is 4. The van der Waals surface area contributed by atoms with Gasteiger partial charge in [0.1, 0.15) is 12.4 Å². The molecule has 0 radical (unpaired) electrons. The third-order valence-corrected chi connectivity index (χ3v) is 8.97. The quantitative estimate of drug-likeness (QED) is 0.483. The van der Waals surface area contributed by atoms with Gasteiger partial charge in [0.15, 0.2) is 0 Å². The van der Waals surface area contributed by atoms with Crippen LogP contribution in [-0.2, 0) is 32.6 Å². The van der Waals surface area contributed by atoms with Crippen molar-refractivity contribution in [2.45, 2.75) is 56.9 Å². The molecule has 1 aromatic carbocycles. The Morgan fingerprint density at radius 2 is 1.92 bits per heavy atom. The Morgan fingerprint density at radius 3 is 2.71 bits per heavy atom. The lowest BCUT2D eigenvalue weighted by Gasteiger charge is -2.41. The summed E-state index contributed by atoms with van der Waals surface area (Å²) in [6.45, 7) is 5.38. The molecule has 0 saturated carbocycles. The van der Waals surface area contributed by atoms with E-state index in [2.05, 4.69) is 26.3 Å². The third kappa shape index (κ3) is 4.37. The zero-order valence-electron chi connectivity index (χ0n) is 21.9. The molecule has 4 N–H and O–H groups in total. The minimum absolute atomic E-state index is 0.0168. The molecule has 2 saturated heterocycles. The fourth-order valence-corrected chi connectivity index (χ4v) is 6.71. The summed E-state index contributed by atoms with van der Waals surface area (Å²) in [5.41, 5.74) is 2.71. The molecule has 0 unspecified atom stereocenters. The van der Waals surface area contributed by atoms with Crippen molar-refractivity contribution in [2.75, 3.05) is 43.4 Å². The average Bonchev–Trinajstić information content (AvgIpc) is 3.44. The second-order valence-electron chi connectivity index (χ2n) is 11.6. The van der Waals surface area contributed by atoms with Crippen molar-refractivity contribution in [3.63, 3.8) is 0 Å². The maximum Gasteiger partial charge on any atom is 0.244 e. The summed E-state index contributed by atoms with van der Waals surface area (Å²) in [6.07, 6.45) is 6.34. The molecular weight excluding hydrogens is 480 g/mol. The number of fused-ring (bicyclic) bond motifs is 3. The zero-order valence-corrected chi connectivity index (χ0v) is 21.9. The summed E-state index contributed by atoms with van der Waals surface area (Å²) in [5.74, 6) is 0.512. The van der Waals surface area contributed by atoms with Crippen molar-refractivity contribution in [1.82, 2.24) is 20.5 Å². The number of nitrogens with zero attached hydrogens (tertiary/aromatic N) is 2. The van der Waals surface area contributed by atoms with Crippen LogP contribution in [0.15, 0.2) is 36.5 Å². The van der Waals surface area contributed by atoms with Crippen LogP contribution in [-0.4, -0.2) is 66.4 Å². The highest BCUT2D eigenvalue weighted by atomic mass is 16.2. The summed E-state index contributed by atoms with van der Waals surface area (Å²) in [5, 5.41) is 12.7. The van der Waals surface area contributed by atoms with Crippen LogP contribution in [0.2, 0.25) is 0 Å². The average molecular weight is 517 g/mol. The normalized spacial score (nSPS) is 25.4. The highest BCUT2D eigenvalue weighted by Gasteiger charge is 2.51. The number of carbonyl (C=O) groups excluding carboxylic acids is 3. The van der Waals surface area contributed by atoms with Crippen LogP contribution in [0.5, 0.6) is 0 Å². The number of carbonyl (C=O) groups is 3. The smallest absolute Gasteiger partial charge is 0.244 e. The topological polar surface area (TPSA) is 115 Å². The first-order valence-corrected chi connectivity index (χ1v) is 13.8. The van der Waals surface area contributed by atoms with Gasteiger partial charge < -0.3 is 26.2 Å². The van der Waals surface area contributed by atoms with Crippen LogP contribution in [0.3, 0.4) is 0 Å². The first-order valence-electron chi connectivity index (χ1n) is 13.8. The third-order valence-electron chi connectivity index (χ3n) is 8.97. The largest absolute Gasteiger partial charge is 0.329 e. The van der Waals surface area contributed by atoms with Gasteiger partial charge in [-0.05, 0) is 87.5 Å². The predicted molar refractivity (Wildman–Crippen MR) is 145 cm³/mol. The maximum atomic E-state index is 13.8. The molecule has 1 spiro atoms. The molecule has 3 amide bonds. The van der Waals surface area contributed by atoms with Gasteiger partial charge in [-0.1, -0.05) is 19.1 Å². The first-order chi connectivity index (χ1) is 18.4. The van der Waals surface area contributed by atoms with E-state index in [0.29, 0.717) is 30.9 Å². The van der Waals surface area contributed by atoms with E-state index < -0.39 is 10.8 Å². The summed E-state index contributed by atoms with van der Waals surface area (Å²) in [4.78, 5) is 46.3. The van der Waals surface area contributed by atoms with E-state index in [9.17, 15) is 14.4 Å². The first kappa shape index (κ1) is 25.0. The molecule has 9 nitrogen and oxygen atoms in total. The van der Waals surface area contributed by atoms with E-state index in [4.69, 9.17) is 0 Å². The van der Waals surface area contributed by atoms with Crippen LogP contribution >= 0.6 is 0 Å². The number of piperidine rings is 2. The van der Waals surface area contributed by atoms with Gasteiger partial charge >= 0.3 is 0 Å². The van der Waals surface area contributed by atoms with E-state index in [1.165, 1.54) is 0 Å². The van der Waals surface area contributed by atoms with Crippen LogP contribution in [0.4, 0.5) is 11.5 Å². The molecule has 1 aromatic heterocycles. The number of anilines is 2. The Kier molecular flexibility index (Phi) is 6.44. The van der Waals surface area contributed by atoms with Crippen LogP contribution in [0.25, 0.3) is 0 Å². The number of benzene rings is 1. The van der Waals surface area contributed by atoms with Gasteiger partial charge in [0.05, 0.1) is 5.41 Å². The molecular formula is C29H36N6O3. The molecule has 9 heteroatoms. The van der Waals surface area contributed by atoms with Gasteiger partial charge in [-0.3, -0.25) is 14.4 Å². The Hall–Kier alpha value is -3.30. The van der Waals surface area contributed by atoms with Gasteiger partial charge in [0, 0.05) is 35.4 Å². The van der Waals surface area contributed by atoms with Crippen molar-refractivity contribution >= 4 is 29.2 Å². The number of hydrogen-bond donors (Lipinski definition) is 4. The van der Waals surface area contributed by atoms with E-state index in [-0.39, 0.29) is 30.3 Å². The van der Waals surface area contributed by atoms with E-state index in [0.717, 1.165) is 62.0 Å². The van der Waals surface area contributed by atoms with Crippen molar-refractivity contribution in [2.24, 2.45) is 5.41 Å². The Balaban J connectivity index is 1.18. The lowest BCUT2D eigenvalue weighted by atomic mass is 9.79. The molecule has 3 aliphatic heterocycles. The SMILES string of the molecule is CC1(C(=O)N(CC(=O)Nc2ccc3c(c2)C[C@@]2(C3)C(=O)Nc3ncccc32)[C@H]2CCCNC2)CCNCC1. The molecule has 6 rings (SSSR count). The van der Waals surface area contributed by atoms with Crippen molar-refractivity contribution in [3.8, 4) is 0 Å². The van der Waals surface area contributed by atoms with Crippen LogP contribution < -0.4 is 21.3 Å². The summed E-state index contributed by atoms with van der Waals surface area (Å²) < 4.78 is 0. The molecule has 4 heterocycles. The highest BCUT2D eigenvalue weighted by molar-refractivity contribution is 6.06. The van der Waals surface area contributed by atoms with Crippen LogP contribution in [0.1, 0.15) is 49.3 Å². The summed E-state index contributed by atoms with van der Waals surface area (Å²) >= 11 is 0. The second kappa shape index (κ2) is 9.78. The van der Waals surface area contributed by atoms with Gasteiger partial charge in [-0.2, -0.15) is 0 Å². The molecule has 4 aliphatic rings. The van der Waals surface area contributed by atoms with Crippen LogP contribution in [0, 0.1) is 5.41 Å². The summed E-state index contributed by atoms with van der Waals surface area (Å²) in [6, 6.07) is 9.74. The zero-order chi connectivity index (χ0) is 26.3. The molecule has 2 atom stereocenters. The Labute approximate surface area is 223 Å². The minimum atomic E-state index is -0.643. The molecule has 38 heavy (non-hydrogen) atoms. The number of aromatic nitrogens is 1. The predicted octanol–water partition coefficient (Wildman–Crippen LogP) is 1.98. The van der Waals surface area contributed by atoms with Gasteiger partial charge in [-0.15, -0.1) is 0 Å². The van der Waals surface area contributed by atoms with Crippen molar-refractivity contribution in [1.29, 1.82) is 0 Å². The lowest BCUT2D eigenvalue weighted by Crippen LogP contribution is -2.56. The summed E-state index contributed by atoms with van der Waals surface area (Å²) in [7, 11) is 0. The van der Waals surface area contributed by atoms with Gasteiger partial charge in [-0.25, -0.2) is 4.98 Å². The molecule has 2 fully saturated rings. The number of pyridine rings is 1. The molecule has 2 aromatic rings. The standard InChI is InChI=1S/C29H36N6O3/c1-28(8-12-30-13-9-28)27(38)35(22-4-2-10-31-17-22)18-24(36)33-21-7-6-19-15-29(16-20(19)14-21)23-5-3-11-32-25(23)34-26(29)37/h3,5-7,11,14,22,30-31H,2,4,8-10,12-13,15-18H2,1H3,(H,33,36)(H,32,34,37)/t22-,29+/m0/s1. The van der Waals surface area contributed by atoms with Crippen molar-refractivity contribution < 1.29 is 14.4 Å². The van der Waals surface area contributed by atoms with E-state index in [1.807, 2.05) is 42.2 Å². The second-order valence-corrected chi connectivity index (χ2v) is 11.6.